The molecule has 1 atom stereocenters. The van der Waals surface area contributed by atoms with E-state index < -0.39 is 0 Å². The molecule has 0 amide bonds. The minimum absolute atomic E-state index is 0.0427. The molecule has 0 unspecified atom stereocenters. The fourth-order valence-electron chi connectivity index (χ4n) is 1.71. The Bertz CT molecular complexity index is 311. The molecule has 2 nitrogen and oxygen atoms in total. The summed E-state index contributed by atoms with van der Waals surface area (Å²) in [5.74, 6) is 0. The fourth-order valence-corrected chi connectivity index (χ4v) is 1.71. The first kappa shape index (κ1) is 13.2. The van der Waals surface area contributed by atoms with Gasteiger partial charge in [-0.2, -0.15) is 0 Å². The van der Waals surface area contributed by atoms with Gasteiger partial charge in [0.1, 0.15) is 0 Å². The van der Waals surface area contributed by atoms with E-state index in [2.05, 4.69) is 45.0 Å². The van der Waals surface area contributed by atoms with Gasteiger partial charge < -0.3 is 10.8 Å². The van der Waals surface area contributed by atoms with Gasteiger partial charge in [-0.15, -0.1) is 0 Å². The van der Waals surface area contributed by atoms with Crippen molar-refractivity contribution in [2.45, 2.75) is 45.1 Å². The fraction of sp³-hybridized carbons (Fsp3) is 0.571. The topological polar surface area (TPSA) is 46.2 Å². The number of benzene rings is 1. The number of rotatable bonds is 4. The standard InChI is InChI=1S/C14H23NO/c1-14(2,3)12-8-6-11(7-9-12)13(15)5-4-10-16/h6-9,13,16H,4-5,10,15H2,1-3H3/t13-/m1/s1. The van der Waals surface area contributed by atoms with Gasteiger partial charge in [-0.05, 0) is 29.4 Å². The summed E-state index contributed by atoms with van der Waals surface area (Å²) >= 11 is 0. The molecule has 90 valence electrons. The lowest BCUT2D eigenvalue weighted by Gasteiger charge is -2.20. The van der Waals surface area contributed by atoms with Gasteiger partial charge in [0.25, 0.3) is 0 Å². The Morgan fingerprint density at radius 1 is 1.19 bits per heavy atom. The van der Waals surface area contributed by atoms with Crippen LogP contribution < -0.4 is 5.73 Å². The van der Waals surface area contributed by atoms with Crippen LogP contribution in [-0.4, -0.2) is 11.7 Å². The summed E-state index contributed by atoms with van der Waals surface area (Å²) in [6.07, 6.45) is 1.60. The molecule has 0 aliphatic carbocycles. The Labute approximate surface area is 98.5 Å². The third-order valence-corrected chi connectivity index (χ3v) is 2.88. The second-order valence-corrected chi connectivity index (χ2v) is 5.34. The predicted molar refractivity (Wildman–Crippen MR) is 68.4 cm³/mol. The van der Waals surface area contributed by atoms with Crippen molar-refractivity contribution in [1.29, 1.82) is 0 Å². The van der Waals surface area contributed by atoms with E-state index in [0.717, 1.165) is 18.4 Å². The maximum atomic E-state index is 8.76. The van der Waals surface area contributed by atoms with Crippen molar-refractivity contribution in [2.24, 2.45) is 5.73 Å². The lowest BCUT2D eigenvalue weighted by atomic mass is 9.86. The van der Waals surface area contributed by atoms with Crippen LogP contribution in [0.25, 0.3) is 0 Å². The molecule has 0 aliphatic rings. The maximum Gasteiger partial charge on any atom is 0.0431 e. The second kappa shape index (κ2) is 5.46. The first-order valence-electron chi connectivity index (χ1n) is 5.92. The zero-order valence-corrected chi connectivity index (χ0v) is 10.5. The molecule has 0 heterocycles. The Kier molecular flexibility index (Phi) is 4.51. The predicted octanol–water partition coefficient (Wildman–Crippen LogP) is 2.76. The van der Waals surface area contributed by atoms with Crippen LogP contribution in [0.15, 0.2) is 24.3 Å². The average Bonchev–Trinajstić information content (AvgIpc) is 2.25. The van der Waals surface area contributed by atoms with Gasteiger partial charge in [0.15, 0.2) is 0 Å². The van der Waals surface area contributed by atoms with Crippen molar-refractivity contribution in [3.8, 4) is 0 Å². The molecular formula is C14H23NO. The summed E-state index contributed by atoms with van der Waals surface area (Å²) in [5, 5.41) is 8.76. The van der Waals surface area contributed by atoms with Crippen LogP contribution in [0, 0.1) is 0 Å². The number of aliphatic hydroxyl groups is 1. The van der Waals surface area contributed by atoms with E-state index in [4.69, 9.17) is 10.8 Å². The zero-order valence-electron chi connectivity index (χ0n) is 10.5. The van der Waals surface area contributed by atoms with Gasteiger partial charge in [-0.3, -0.25) is 0 Å². The molecule has 0 fully saturated rings. The molecular weight excluding hydrogens is 198 g/mol. The van der Waals surface area contributed by atoms with Gasteiger partial charge in [0.05, 0.1) is 0 Å². The van der Waals surface area contributed by atoms with Crippen LogP contribution in [-0.2, 0) is 5.41 Å². The van der Waals surface area contributed by atoms with E-state index in [-0.39, 0.29) is 18.1 Å². The van der Waals surface area contributed by atoms with Gasteiger partial charge in [0, 0.05) is 12.6 Å². The van der Waals surface area contributed by atoms with Crippen molar-refractivity contribution in [3.05, 3.63) is 35.4 Å². The van der Waals surface area contributed by atoms with E-state index in [1.165, 1.54) is 5.56 Å². The zero-order chi connectivity index (χ0) is 12.2. The Morgan fingerprint density at radius 3 is 2.19 bits per heavy atom. The molecule has 16 heavy (non-hydrogen) atoms. The third kappa shape index (κ3) is 3.62. The molecule has 3 N–H and O–H groups in total. The van der Waals surface area contributed by atoms with E-state index in [1.54, 1.807) is 0 Å². The van der Waals surface area contributed by atoms with Crippen molar-refractivity contribution < 1.29 is 5.11 Å². The smallest absolute Gasteiger partial charge is 0.0431 e. The van der Waals surface area contributed by atoms with Crippen LogP contribution >= 0.6 is 0 Å². The van der Waals surface area contributed by atoms with Crippen molar-refractivity contribution >= 4 is 0 Å². The molecule has 0 saturated carbocycles. The van der Waals surface area contributed by atoms with E-state index in [0.29, 0.717) is 0 Å². The highest BCUT2D eigenvalue weighted by molar-refractivity contribution is 5.29. The summed E-state index contributed by atoms with van der Waals surface area (Å²) in [6, 6.07) is 8.54. The maximum absolute atomic E-state index is 8.76. The minimum Gasteiger partial charge on any atom is -0.396 e. The highest BCUT2D eigenvalue weighted by atomic mass is 16.2. The number of aliphatic hydroxyl groups excluding tert-OH is 1. The molecule has 1 rings (SSSR count). The highest BCUT2D eigenvalue weighted by Gasteiger charge is 2.13. The second-order valence-electron chi connectivity index (χ2n) is 5.34. The first-order valence-corrected chi connectivity index (χ1v) is 5.92. The van der Waals surface area contributed by atoms with Crippen LogP contribution in [0.4, 0.5) is 0 Å². The molecule has 0 saturated heterocycles. The molecule has 1 aromatic rings. The van der Waals surface area contributed by atoms with E-state index in [9.17, 15) is 0 Å². The Hall–Kier alpha value is -0.860. The average molecular weight is 221 g/mol. The minimum atomic E-state index is 0.0427. The summed E-state index contributed by atoms with van der Waals surface area (Å²) in [7, 11) is 0. The molecule has 0 aromatic heterocycles. The molecule has 1 aromatic carbocycles. The highest BCUT2D eigenvalue weighted by Crippen LogP contribution is 2.24. The van der Waals surface area contributed by atoms with Gasteiger partial charge in [0.2, 0.25) is 0 Å². The van der Waals surface area contributed by atoms with Crippen molar-refractivity contribution in [3.63, 3.8) is 0 Å². The van der Waals surface area contributed by atoms with Gasteiger partial charge in [-0.25, -0.2) is 0 Å². The number of hydrogen-bond donors (Lipinski definition) is 2. The lowest BCUT2D eigenvalue weighted by Crippen LogP contribution is -2.13. The summed E-state index contributed by atoms with van der Waals surface area (Å²) in [5.41, 5.74) is 8.70. The first-order chi connectivity index (χ1) is 7.45. The van der Waals surface area contributed by atoms with Crippen LogP contribution in [0.2, 0.25) is 0 Å². The largest absolute Gasteiger partial charge is 0.396 e. The number of nitrogens with two attached hydrogens (primary N) is 1. The van der Waals surface area contributed by atoms with Gasteiger partial charge in [-0.1, -0.05) is 45.0 Å². The molecule has 0 bridgehead atoms. The van der Waals surface area contributed by atoms with Crippen LogP contribution in [0.1, 0.15) is 50.8 Å². The Morgan fingerprint density at radius 2 is 1.75 bits per heavy atom. The van der Waals surface area contributed by atoms with Crippen LogP contribution in [0.5, 0.6) is 0 Å². The number of hydrogen-bond acceptors (Lipinski definition) is 2. The molecule has 0 aliphatic heterocycles. The normalized spacial score (nSPS) is 13.8. The van der Waals surface area contributed by atoms with E-state index in [1.807, 2.05) is 0 Å². The summed E-state index contributed by atoms with van der Waals surface area (Å²) in [6.45, 7) is 6.82. The lowest BCUT2D eigenvalue weighted by molar-refractivity contribution is 0.280. The monoisotopic (exact) mass is 221 g/mol. The summed E-state index contributed by atoms with van der Waals surface area (Å²) in [4.78, 5) is 0. The van der Waals surface area contributed by atoms with E-state index >= 15 is 0 Å². The Balaban J connectivity index is 2.71. The SMILES string of the molecule is CC(C)(C)c1ccc([C@H](N)CCCO)cc1. The quantitative estimate of drug-likeness (QED) is 0.821. The van der Waals surface area contributed by atoms with Crippen LogP contribution in [0.3, 0.4) is 0 Å². The van der Waals surface area contributed by atoms with Crippen molar-refractivity contribution in [2.75, 3.05) is 6.61 Å². The van der Waals surface area contributed by atoms with Crippen molar-refractivity contribution in [1.82, 2.24) is 0 Å². The molecule has 0 radical (unpaired) electrons. The molecule has 2 heteroatoms. The third-order valence-electron chi connectivity index (χ3n) is 2.88. The van der Waals surface area contributed by atoms with Gasteiger partial charge >= 0.3 is 0 Å². The summed E-state index contributed by atoms with van der Waals surface area (Å²) < 4.78 is 0. The molecule has 0 spiro atoms.